The number of carbonyl (C=O) groups excluding carboxylic acids is 2. The fraction of sp³-hybridized carbons (Fsp3) is 0.400. The minimum atomic E-state index is -0.806. The summed E-state index contributed by atoms with van der Waals surface area (Å²) in [6.45, 7) is 2.02. The third-order valence-corrected chi connectivity index (χ3v) is 2.70. The van der Waals surface area contributed by atoms with Crippen LogP contribution in [-0.4, -0.2) is 18.4 Å². The summed E-state index contributed by atoms with van der Waals surface area (Å²) < 4.78 is 4.99. The summed E-state index contributed by atoms with van der Waals surface area (Å²) in [4.78, 5) is 23.0. The number of hydrogen-bond acceptors (Lipinski definition) is 4. The van der Waals surface area contributed by atoms with Crippen molar-refractivity contribution < 1.29 is 14.3 Å². The van der Waals surface area contributed by atoms with Gasteiger partial charge in [-0.25, -0.2) is 4.79 Å². The Hall–Kier alpha value is -2.35. The van der Waals surface area contributed by atoms with E-state index in [-0.39, 0.29) is 18.9 Å². The smallest absolute Gasteiger partial charge is 0.407 e. The van der Waals surface area contributed by atoms with Crippen molar-refractivity contribution in [3.63, 3.8) is 0 Å². The molecule has 0 saturated carbocycles. The summed E-state index contributed by atoms with van der Waals surface area (Å²) >= 11 is 0. The van der Waals surface area contributed by atoms with E-state index in [1.807, 2.05) is 43.3 Å². The van der Waals surface area contributed by atoms with Gasteiger partial charge in [-0.15, -0.1) is 0 Å². The molecule has 106 valence electrons. The van der Waals surface area contributed by atoms with Gasteiger partial charge < -0.3 is 10.1 Å². The number of nitrogens with one attached hydrogen (secondary N) is 1. The van der Waals surface area contributed by atoms with Gasteiger partial charge in [0.2, 0.25) is 0 Å². The van der Waals surface area contributed by atoms with Crippen LogP contribution in [0.4, 0.5) is 4.79 Å². The normalized spacial score (nSPS) is 11.2. The lowest BCUT2D eigenvalue weighted by Crippen LogP contribution is -2.32. The molecule has 1 aromatic carbocycles. The Morgan fingerprint density at radius 2 is 2.05 bits per heavy atom. The van der Waals surface area contributed by atoms with Crippen molar-refractivity contribution in [2.24, 2.45) is 5.92 Å². The Labute approximate surface area is 118 Å². The molecule has 1 rings (SSSR count). The van der Waals surface area contributed by atoms with Gasteiger partial charge in [-0.1, -0.05) is 37.3 Å². The Bertz CT molecular complexity index is 480. The predicted octanol–water partition coefficient (Wildman–Crippen LogP) is 2.42. The molecule has 5 nitrogen and oxygen atoms in total. The number of amides is 1. The van der Waals surface area contributed by atoms with E-state index in [9.17, 15) is 9.59 Å². The van der Waals surface area contributed by atoms with E-state index in [1.54, 1.807) is 0 Å². The minimum absolute atomic E-state index is 0.0110. The van der Waals surface area contributed by atoms with Crippen LogP contribution < -0.4 is 5.32 Å². The molecule has 0 fully saturated rings. The monoisotopic (exact) mass is 274 g/mol. The molecule has 5 heteroatoms. The summed E-state index contributed by atoms with van der Waals surface area (Å²) in [5, 5.41) is 11.3. The molecule has 0 aromatic heterocycles. The number of nitrogens with zero attached hydrogens (tertiary/aromatic N) is 1. The quantitative estimate of drug-likeness (QED) is 0.828. The Morgan fingerprint density at radius 3 is 2.65 bits per heavy atom. The van der Waals surface area contributed by atoms with Crippen molar-refractivity contribution in [1.82, 2.24) is 5.32 Å². The summed E-state index contributed by atoms with van der Waals surface area (Å²) in [6.07, 6.45) is 0.410. The van der Waals surface area contributed by atoms with Gasteiger partial charge in [-0.05, 0) is 12.0 Å². The number of ketones is 1. The lowest BCUT2D eigenvalue weighted by atomic mass is 10.0. The lowest BCUT2D eigenvalue weighted by molar-refractivity contribution is -0.121. The molecule has 1 amide bonds. The Morgan fingerprint density at radius 1 is 1.35 bits per heavy atom. The van der Waals surface area contributed by atoms with E-state index in [0.717, 1.165) is 5.56 Å². The first-order valence-electron chi connectivity index (χ1n) is 6.54. The number of Topliss-reactive ketones (excluding diaryl/α,β-unsaturated/α-hetero) is 1. The lowest BCUT2D eigenvalue weighted by Gasteiger charge is -2.10. The first-order chi connectivity index (χ1) is 9.67. The summed E-state index contributed by atoms with van der Waals surface area (Å²) in [5.74, 6) is -0.961. The highest BCUT2D eigenvalue weighted by molar-refractivity contribution is 5.84. The van der Waals surface area contributed by atoms with Gasteiger partial charge in [0.15, 0.2) is 5.78 Å². The second kappa shape index (κ2) is 8.70. The standard InChI is InChI=1S/C15H18N2O3/c1-2-6-14(18)13(9-16)10-17-15(19)20-11-12-7-4-3-5-8-12/h3-5,7-8,13H,2,6,10-11H2,1H3,(H,17,19). The third-order valence-electron chi connectivity index (χ3n) is 2.70. The second-order valence-electron chi connectivity index (χ2n) is 4.34. The van der Waals surface area contributed by atoms with Crippen LogP contribution in [-0.2, 0) is 16.1 Å². The maximum Gasteiger partial charge on any atom is 0.407 e. The van der Waals surface area contributed by atoms with Crippen molar-refractivity contribution in [3.8, 4) is 6.07 Å². The van der Waals surface area contributed by atoms with E-state index >= 15 is 0 Å². The van der Waals surface area contributed by atoms with Gasteiger partial charge in [0.05, 0.1) is 6.07 Å². The van der Waals surface area contributed by atoms with Gasteiger partial charge in [0.1, 0.15) is 12.5 Å². The summed E-state index contributed by atoms with van der Waals surface area (Å²) in [6, 6.07) is 11.2. The average Bonchev–Trinajstić information content (AvgIpc) is 2.47. The number of carbonyl (C=O) groups is 2. The molecule has 0 aliphatic rings. The average molecular weight is 274 g/mol. The molecule has 0 radical (unpaired) electrons. The molecule has 1 unspecified atom stereocenters. The van der Waals surface area contributed by atoms with Crippen LogP contribution in [0.3, 0.4) is 0 Å². The van der Waals surface area contributed by atoms with Gasteiger partial charge in [0, 0.05) is 13.0 Å². The zero-order chi connectivity index (χ0) is 14.8. The zero-order valence-electron chi connectivity index (χ0n) is 11.5. The van der Waals surface area contributed by atoms with Crippen molar-refractivity contribution in [2.45, 2.75) is 26.4 Å². The van der Waals surface area contributed by atoms with Crippen LogP contribution in [0.5, 0.6) is 0 Å². The zero-order valence-corrected chi connectivity index (χ0v) is 11.5. The maximum atomic E-state index is 11.6. The topological polar surface area (TPSA) is 79.2 Å². The highest BCUT2D eigenvalue weighted by Crippen LogP contribution is 2.03. The van der Waals surface area contributed by atoms with Gasteiger partial charge in [0.25, 0.3) is 0 Å². The molecule has 0 saturated heterocycles. The van der Waals surface area contributed by atoms with Crippen molar-refractivity contribution >= 4 is 11.9 Å². The first kappa shape index (κ1) is 15.7. The van der Waals surface area contributed by atoms with Crippen LogP contribution in [0.15, 0.2) is 30.3 Å². The fourth-order valence-corrected chi connectivity index (χ4v) is 1.61. The molecule has 1 N–H and O–H groups in total. The van der Waals surface area contributed by atoms with Crippen LogP contribution in [0, 0.1) is 17.2 Å². The molecule has 0 bridgehead atoms. The number of rotatable bonds is 7. The van der Waals surface area contributed by atoms with Gasteiger partial charge >= 0.3 is 6.09 Å². The number of alkyl carbamates (subject to hydrolysis) is 1. The summed E-state index contributed by atoms with van der Waals surface area (Å²) in [7, 11) is 0. The molecule has 0 aliphatic carbocycles. The largest absolute Gasteiger partial charge is 0.445 e. The fourth-order valence-electron chi connectivity index (χ4n) is 1.61. The highest BCUT2D eigenvalue weighted by atomic mass is 16.5. The molecule has 0 spiro atoms. The van der Waals surface area contributed by atoms with E-state index in [0.29, 0.717) is 12.8 Å². The SMILES string of the molecule is CCCC(=O)C(C#N)CNC(=O)OCc1ccccc1. The summed E-state index contributed by atoms with van der Waals surface area (Å²) in [5.41, 5.74) is 0.876. The van der Waals surface area contributed by atoms with Gasteiger partial charge in [-0.2, -0.15) is 5.26 Å². The minimum Gasteiger partial charge on any atom is -0.445 e. The molecular formula is C15H18N2O3. The Balaban J connectivity index is 2.32. The third kappa shape index (κ3) is 5.53. The van der Waals surface area contributed by atoms with Crippen LogP contribution in [0.25, 0.3) is 0 Å². The number of ether oxygens (including phenoxy) is 1. The van der Waals surface area contributed by atoms with E-state index < -0.39 is 12.0 Å². The molecule has 1 atom stereocenters. The Kier molecular flexibility index (Phi) is 6.83. The molecule has 0 aliphatic heterocycles. The van der Waals surface area contributed by atoms with Crippen LogP contribution in [0.2, 0.25) is 0 Å². The van der Waals surface area contributed by atoms with Crippen LogP contribution in [0.1, 0.15) is 25.3 Å². The maximum absolute atomic E-state index is 11.6. The van der Waals surface area contributed by atoms with Crippen LogP contribution >= 0.6 is 0 Å². The first-order valence-corrected chi connectivity index (χ1v) is 6.54. The molecule has 1 aromatic rings. The number of nitriles is 1. The van der Waals surface area contributed by atoms with E-state index in [4.69, 9.17) is 10.00 Å². The van der Waals surface area contributed by atoms with Gasteiger partial charge in [-0.3, -0.25) is 4.79 Å². The molecular weight excluding hydrogens is 256 g/mol. The van der Waals surface area contributed by atoms with Crippen molar-refractivity contribution in [2.75, 3.05) is 6.54 Å². The highest BCUT2D eigenvalue weighted by Gasteiger charge is 2.17. The van der Waals surface area contributed by atoms with E-state index in [2.05, 4.69) is 5.32 Å². The second-order valence-corrected chi connectivity index (χ2v) is 4.34. The van der Waals surface area contributed by atoms with Crippen molar-refractivity contribution in [3.05, 3.63) is 35.9 Å². The predicted molar refractivity (Wildman–Crippen MR) is 73.6 cm³/mol. The van der Waals surface area contributed by atoms with Crippen molar-refractivity contribution in [1.29, 1.82) is 5.26 Å². The molecule has 20 heavy (non-hydrogen) atoms. The number of hydrogen-bond donors (Lipinski definition) is 1. The number of benzene rings is 1. The van der Waals surface area contributed by atoms with E-state index in [1.165, 1.54) is 0 Å². The molecule has 0 heterocycles.